The maximum Gasteiger partial charge on any atom is 0.323 e. The van der Waals surface area contributed by atoms with E-state index in [9.17, 15) is 4.79 Å². The van der Waals surface area contributed by atoms with E-state index >= 15 is 0 Å². The van der Waals surface area contributed by atoms with Crippen LogP contribution >= 0.6 is 0 Å². The second-order valence-corrected chi connectivity index (χ2v) is 6.87. The largest absolute Gasteiger partial charge is 0.428 e. The van der Waals surface area contributed by atoms with Crippen LogP contribution in [0.25, 0.3) is 0 Å². The highest BCUT2D eigenvalue weighted by atomic mass is 16.4. The molecule has 0 spiro atoms. The summed E-state index contributed by atoms with van der Waals surface area (Å²) in [7, 11) is 0. The molecule has 0 aliphatic rings. The molecule has 1 aromatic heterocycles. The van der Waals surface area contributed by atoms with Crippen LogP contribution in [0.2, 0.25) is 0 Å². The van der Waals surface area contributed by atoms with Crippen molar-refractivity contribution in [3.05, 3.63) is 47.3 Å². The Bertz CT molecular complexity index is 637. The minimum atomic E-state index is -0.304. The minimum Gasteiger partial charge on any atom is -0.428 e. The fourth-order valence-corrected chi connectivity index (χ4v) is 2.24. The first-order valence-electron chi connectivity index (χ1n) is 7.81. The van der Waals surface area contributed by atoms with Crippen molar-refractivity contribution in [1.29, 1.82) is 0 Å². The van der Waals surface area contributed by atoms with Crippen LogP contribution in [-0.4, -0.2) is 17.1 Å². The molecule has 0 unspecified atom stereocenters. The van der Waals surface area contributed by atoms with Gasteiger partial charge in [-0.15, -0.1) is 0 Å². The Morgan fingerprint density at radius 2 is 1.87 bits per heavy atom. The molecule has 0 fully saturated rings. The molecule has 5 heteroatoms. The van der Waals surface area contributed by atoms with E-state index in [1.54, 1.807) is 0 Å². The number of anilines is 1. The number of hydrogen-bond acceptors (Lipinski definition) is 3. The summed E-state index contributed by atoms with van der Waals surface area (Å²) in [5.74, 6) is 0.706. The Morgan fingerprint density at radius 1 is 1.22 bits per heavy atom. The number of urea groups is 1. The lowest BCUT2D eigenvalue weighted by molar-refractivity contribution is 0.227. The van der Waals surface area contributed by atoms with Crippen molar-refractivity contribution in [3.63, 3.8) is 0 Å². The second kappa shape index (κ2) is 6.86. The van der Waals surface area contributed by atoms with Gasteiger partial charge in [0.25, 0.3) is 0 Å². The summed E-state index contributed by atoms with van der Waals surface area (Å²) < 4.78 is 5.39. The molecule has 124 valence electrons. The molecule has 0 aliphatic heterocycles. The fraction of sp³-hybridized carbons (Fsp3) is 0.444. The van der Waals surface area contributed by atoms with Crippen molar-refractivity contribution in [1.82, 2.24) is 10.3 Å². The summed E-state index contributed by atoms with van der Waals surface area (Å²) in [6, 6.07) is 10.1. The van der Waals surface area contributed by atoms with Gasteiger partial charge in [-0.05, 0) is 31.2 Å². The third kappa shape index (κ3) is 4.84. The number of benzene rings is 1. The van der Waals surface area contributed by atoms with Crippen LogP contribution in [-0.2, 0) is 6.42 Å². The Morgan fingerprint density at radius 3 is 2.39 bits per heavy atom. The van der Waals surface area contributed by atoms with Gasteiger partial charge in [0.15, 0.2) is 0 Å². The third-order valence-electron chi connectivity index (χ3n) is 3.88. The van der Waals surface area contributed by atoms with Gasteiger partial charge in [-0.2, -0.15) is 4.98 Å². The molecule has 5 nitrogen and oxygen atoms in total. The number of aryl methyl sites for hydroxylation is 2. The van der Waals surface area contributed by atoms with E-state index in [0.717, 1.165) is 12.1 Å². The number of carbonyl (C=O) groups is 1. The maximum absolute atomic E-state index is 12.3. The molecule has 2 rings (SSSR count). The SMILES string of the molecule is Cc1nc(NC(=O)N[C@H](Cc2ccccc2)C(C)(C)C)oc1C. The van der Waals surface area contributed by atoms with Crippen molar-refractivity contribution in [2.75, 3.05) is 5.32 Å². The number of rotatable bonds is 4. The van der Waals surface area contributed by atoms with E-state index in [4.69, 9.17) is 4.42 Å². The van der Waals surface area contributed by atoms with E-state index in [2.05, 4.69) is 48.5 Å². The molecule has 0 saturated carbocycles. The van der Waals surface area contributed by atoms with Gasteiger partial charge in [0.05, 0.1) is 5.69 Å². The molecule has 1 heterocycles. The molecule has 2 N–H and O–H groups in total. The Labute approximate surface area is 137 Å². The molecular formula is C18H25N3O2. The summed E-state index contributed by atoms with van der Waals surface area (Å²) in [6.07, 6.45) is 0.765. The highest BCUT2D eigenvalue weighted by Crippen LogP contribution is 2.23. The number of amides is 2. The summed E-state index contributed by atoms with van der Waals surface area (Å²) in [6.45, 7) is 10.00. The monoisotopic (exact) mass is 315 g/mol. The molecule has 1 atom stereocenters. The maximum atomic E-state index is 12.3. The van der Waals surface area contributed by atoms with Crippen LogP contribution < -0.4 is 10.6 Å². The predicted octanol–water partition coefficient (Wildman–Crippen LogP) is 4.07. The first-order valence-corrected chi connectivity index (χ1v) is 7.81. The molecule has 2 aromatic rings. The van der Waals surface area contributed by atoms with Gasteiger partial charge >= 0.3 is 12.0 Å². The number of aromatic nitrogens is 1. The number of nitrogens with zero attached hydrogens (tertiary/aromatic N) is 1. The number of nitrogens with one attached hydrogen (secondary N) is 2. The fourth-order valence-electron chi connectivity index (χ4n) is 2.24. The lowest BCUT2D eigenvalue weighted by Crippen LogP contribution is -2.46. The zero-order chi connectivity index (χ0) is 17.0. The third-order valence-corrected chi connectivity index (χ3v) is 3.88. The van der Waals surface area contributed by atoms with Crippen LogP contribution in [0.15, 0.2) is 34.7 Å². The van der Waals surface area contributed by atoms with E-state index in [0.29, 0.717) is 5.76 Å². The molecule has 0 aliphatic carbocycles. The van der Waals surface area contributed by atoms with E-state index in [1.807, 2.05) is 32.0 Å². The standard InChI is InChI=1S/C18H25N3O2/c1-12-13(2)23-17(19-12)21-16(22)20-15(18(3,4)5)11-14-9-7-6-8-10-14/h6-10,15H,11H2,1-5H3,(H2,19,20,21,22)/t15-/m1/s1. The van der Waals surface area contributed by atoms with Gasteiger partial charge in [0.2, 0.25) is 0 Å². The average Bonchev–Trinajstić information content (AvgIpc) is 2.76. The number of hydrogen-bond donors (Lipinski definition) is 2. The first-order chi connectivity index (χ1) is 10.8. The van der Waals surface area contributed by atoms with Crippen molar-refractivity contribution in [3.8, 4) is 0 Å². The lowest BCUT2D eigenvalue weighted by Gasteiger charge is -2.31. The molecule has 0 radical (unpaired) electrons. The van der Waals surface area contributed by atoms with Gasteiger partial charge in [-0.3, -0.25) is 5.32 Å². The van der Waals surface area contributed by atoms with Gasteiger partial charge in [-0.25, -0.2) is 4.79 Å². The van der Waals surface area contributed by atoms with Crippen LogP contribution in [0.1, 0.15) is 37.8 Å². The van der Waals surface area contributed by atoms with Gasteiger partial charge in [-0.1, -0.05) is 51.1 Å². The van der Waals surface area contributed by atoms with Crippen molar-refractivity contribution < 1.29 is 9.21 Å². The van der Waals surface area contributed by atoms with Gasteiger partial charge in [0.1, 0.15) is 5.76 Å². The smallest absolute Gasteiger partial charge is 0.323 e. The molecule has 0 bridgehead atoms. The topological polar surface area (TPSA) is 67.2 Å². The van der Waals surface area contributed by atoms with Crippen molar-refractivity contribution in [2.45, 2.75) is 47.1 Å². The molecular weight excluding hydrogens is 290 g/mol. The Hall–Kier alpha value is -2.30. The summed E-state index contributed by atoms with van der Waals surface area (Å²) in [5.41, 5.74) is 1.89. The highest BCUT2D eigenvalue weighted by Gasteiger charge is 2.27. The van der Waals surface area contributed by atoms with E-state index in [-0.39, 0.29) is 23.5 Å². The average molecular weight is 315 g/mol. The Balaban J connectivity index is 2.04. The van der Waals surface area contributed by atoms with Crippen LogP contribution in [0.3, 0.4) is 0 Å². The summed E-state index contributed by atoms with van der Waals surface area (Å²) in [5, 5.41) is 5.70. The van der Waals surface area contributed by atoms with Gasteiger partial charge < -0.3 is 9.73 Å². The van der Waals surface area contributed by atoms with Gasteiger partial charge in [0, 0.05) is 6.04 Å². The summed E-state index contributed by atoms with van der Waals surface area (Å²) in [4.78, 5) is 16.4. The number of carbonyl (C=O) groups excluding carboxylic acids is 1. The number of oxazole rings is 1. The zero-order valence-electron chi connectivity index (χ0n) is 14.4. The molecule has 1 aromatic carbocycles. The zero-order valence-corrected chi connectivity index (χ0v) is 14.4. The lowest BCUT2D eigenvalue weighted by atomic mass is 9.83. The van der Waals surface area contributed by atoms with Crippen molar-refractivity contribution in [2.24, 2.45) is 5.41 Å². The molecule has 0 saturated heterocycles. The second-order valence-electron chi connectivity index (χ2n) is 6.87. The minimum absolute atomic E-state index is 0.0120. The highest BCUT2D eigenvalue weighted by molar-refractivity contribution is 5.87. The van der Waals surface area contributed by atoms with E-state index in [1.165, 1.54) is 5.56 Å². The quantitative estimate of drug-likeness (QED) is 0.893. The predicted molar refractivity (Wildman–Crippen MR) is 91.5 cm³/mol. The van der Waals surface area contributed by atoms with Crippen LogP contribution in [0.5, 0.6) is 0 Å². The summed E-state index contributed by atoms with van der Waals surface area (Å²) >= 11 is 0. The normalized spacial score (nSPS) is 12.7. The van der Waals surface area contributed by atoms with E-state index < -0.39 is 0 Å². The first kappa shape index (κ1) is 17.1. The van der Waals surface area contributed by atoms with Crippen LogP contribution in [0.4, 0.5) is 10.8 Å². The van der Waals surface area contributed by atoms with Crippen molar-refractivity contribution >= 4 is 12.0 Å². The molecule has 23 heavy (non-hydrogen) atoms. The molecule has 2 amide bonds. The van der Waals surface area contributed by atoms with Crippen LogP contribution in [0, 0.1) is 19.3 Å². The Kier molecular flexibility index (Phi) is 5.08.